The van der Waals surface area contributed by atoms with Crippen molar-refractivity contribution >= 4 is 5.91 Å². The molecule has 0 saturated carbocycles. The normalized spacial score (nSPS) is 9.30. The number of amides is 1. The van der Waals surface area contributed by atoms with Gasteiger partial charge >= 0.3 is 0 Å². The van der Waals surface area contributed by atoms with Crippen molar-refractivity contribution in [3.63, 3.8) is 0 Å². The first-order valence-corrected chi connectivity index (χ1v) is 2.87. The largest absolute Gasteiger partial charge is 0.359 e. The van der Waals surface area contributed by atoms with Gasteiger partial charge in [0.1, 0.15) is 12.2 Å². The van der Waals surface area contributed by atoms with E-state index in [2.05, 4.69) is 20.5 Å². The standard InChI is InChI=1S/C5H8N4O/c1-6-5(10)2-4-7-3-8-9-4/h3H,2H2,1H3,(H,6,10)(H,7,8,9). The summed E-state index contributed by atoms with van der Waals surface area (Å²) in [7, 11) is 1.58. The van der Waals surface area contributed by atoms with Crippen LogP contribution in [0.2, 0.25) is 0 Å². The van der Waals surface area contributed by atoms with Crippen molar-refractivity contribution in [3.05, 3.63) is 12.2 Å². The maximum absolute atomic E-state index is 10.7. The average Bonchev–Trinajstić information content (AvgIpc) is 2.40. The Morgan fingerprint density at radius 1 is 1.90 bits per heavy atom. The molecule has 0 bridgehead atoms. The highest BCUT2D eigenvalue weighted by molar-refractivity contribution is 5.77. The molecule has 5 nitrogen and oxygen atoms in total. The van der Waals surface area contributed by atoms with Gasteiger partial charge in [-0.2, -0.15) is 5.10 Å². The molecule has 1 amide bonds. The zero-order valence-corrected chi connectivity index (χ0v) is 5.59. The number of hydrogen-bond acceptors (Lipinski definition) is 3. The monoisotopic (exact) mass is 140 g/mol. The lowest BCUT2D eigenvalue weighted by molar-refractivity contribution is -0.120. The van der Waals surface area contributed by atoms with Gasteiger partial charge in [0.25, 0.3) is 0 Å². The molecule has 0 radical (unpaired) electrons. The zero-order valence-electron chi connectivity index (χ0n) is 5.59. The van der Waals surface area contributed by atoms with E-state index >= 15 is 0 Å². The highest BCUT2D eigenvalue weighted by Gasteiger charge is 2.01. The lowest BCUT2D eigenvalue weighted by atomic mass is 10.4. The Kier molecular flexibility index (Phi) is 1.99. The molecule has 0 atom stereocenters. The summed E-state index contributed by atoms with van der Waals surface area (Å²) >= 11 is 0. The van der Waals surface area contributed by atoms with Gasteiger partial charge in [0.15, 0.2) is 0 Å². The SMILES string of the molecule is CNC(=O)Cc1ncn[nH]1. The fraction of sp³-hybridized carbons (Fsp3) is 0.400. The number of carbonyl (C=O) groups excluding carboxylic acids is 1. The van der Waals surface area contributed by atoms with Crippen molar-refractivity contribution in [2.24, 2.45) is 0 Å². The topological polar surface area (TPSA) is 70.7 Å². The summed E-state index contributed by atoms with van der Waals surface area (Å²) in [4.78, 5) is 14.5. The molecule has 0 aromatic carbocycles. The zero-order chi connectivity index (χ0) is 7.40. The minimum Gasteiger partial charge on any atom is -0.359 e. The smallest absolute Gasteiger partial charge is 0.227 e. The molecule has 1 aromatic heterocycles. The molecule has 0 fully saturated rings. The number of hydrogen-bond donors (Lipinski definition) is 2. The summed E-state index contributed by atoms with van der Waals surface area (Å²) in [6, 6.07) is 0. The Labute approximate surface area is 57.9 Å². The van der Waals surface area contributed by atoms with E-state index in [9.17, 15) is 4.79 Å². The molecule has 1 aromatic rings. The lowest BCUT2D eigenvalue weighted by Gasteiger charge is -1.92. The highest BCUT2D eigenvalue weighted by atomic mass is 16.1. The fourth-order valence-electron chi connectivity index (χ4n) is 0.556. The van der Waals surface area contributed by atoms with Crippen LogP contribution in [0.4, 0.5) is 0 Å². The molecule has 0 spiro atoms. The molecule has 54 valence electrons. The molecular formula is C5H8N4O. The van der Waals surface area contributed by atoms with E-state index in [0.29, 0.717) is 5.82 Å². The Bertz CT molecular complexity index is 205. The number of aromatic nitrogens is 3. The van der Waals surface area contributed by atoms with Gasteiger partial charge in [-0.05, 0) is 0 Å². The van der Waals surface area contributed by atoms with Crippen LogP contribution in [0.3, 0.4) is 0 Å². The maximum Gasteiger partial charge on any atom is 0.227 e. The van der Waals surface area contributed by atoms with Crippen LogP contribution in [0.25, 0.3) is 0 Å². The predicted octanol–water partition coefficient (Wildman–Crippen LogP) is -0.907. The molecule has 0 aliphatic carbocycles. The summed E-state index contributed by atoms with van der Waals surface area (Å²) in [5, 5.41) is 8.65. The van der Waals surface area contributed by atoms with E-state index < -0.39 is 0 Å². The Balaban J connectivity index is 2.48. The van der Waals surface area contributed by atoms with Crippen LogP contribution in [0, 0.1) is 0 Å². The number of nitrogens with zero attached hydrogens (tertiary/aromatic N) is 2. The number of H-pyrrole nitrogens is 1. The second-order valence-electron chi connectivity index (χ2n) is 1.78. The third-order valence-corrected chi connectivity index (χ3v) is 1.07. The van der Waals surface area contributed by atoms with Gasteiger partial charge in [-0.3, -0.25) is 9.89 Å². The van der Waals surface area contributed by atoms with E-state index in [4.69, 9.17) is 0 Å². The van der Waals surface area contributed by atoms with Crippen molar-refractivity contribution in [1.82, 2.24) is 20.5 Å². The molecule has 0 aliphatic rings. The number of nitrogens with one attached hydrogen (secondary N) is 2. The van der Waals surface area contributed by atoms with Crippen LogP contribution in [-0.4, -0.2) is 28.1 Å². The molecule has 10 heavy (non-hydrogen) atoms. The van der Waals surface area contributed by atoms with Crippen LogP contribution in [0.1, 0.15) is 5.82 Å². The first kappa shape index (κ1) is 6.73. The fourth-order valence-corrected chi connectivity index (χ4v) is 0.556. The van der Waals surface area contributed by atoms with E-state index in [0.717, 1.165) is 0 Å². The van der Waals surface area contributed by atoms with Crippen molar-refractivity contribution in [2.75, 3.05) is 7.05 Å². The van der Waals surface area contributed by atoms with E-state index in [1.165, 1.54) is 6.33 Å². The second kappa shape index (κ2) is 2.95. The predicted molar refractivity (Wildman–Crippen MR) is 34.2 cm³/mol. The van der Waals surface area contributed by atoms with Crippen LogP contribution >= 0.6 is 0 Å². The first-order chi connectivity index (χ1) is 4.83. The van der Waals surface area contributed by atoms with Gasteiger partial charge in [-0.25, -0.2) is 4.98 Å². The number of likely N-dealkylation sites (N-methyl/N-ethyl adjacent to an activating group) is 1. The van der Waals surface area contributed by atoms with E-state index in [1.807, 2.05) is 0 Å². The van der Waals surface area contributed by atoms with Crippen LogP contribution in [0.15, 0.2) is 6.33 Å². The molecular weight excluding hydrogens is 132 g/mol. The van der Waals surface area contributed by atoms with Crippen LogP contribution in [0.5, 0.6) is 0 Å². The summed E-state index contributed by atoms with van der Waals surface area (Å²) < 4.78 is 0. The van der Waals surface area contributed by atoms with Crippen LogP contribution < -0.4 is 5.32 Å². The van der Waals surface area contributed by atoms with Crippen molar-refractivity contribution in [2.45, 2.75) is 6.42 Å². The van der Waals surface area contributed by atoms with Gasteiger partial charge in [0, 0.05) is 7.05 Å². The molecule has 0 unspecified atom stereocenters. The molecule has 5 heteroatoms. The summed E-state index contributed by atoms with van der Waals surface area (Å²) in [6.07, 6.45) is 1.63. The summed E-state index contributed by atoms with van der Waals surface area (Å²) in [5.74, 6) is 0.510. The van der Waals surface area contributed by atoms with Gasteiger partial charge in [-0.1, -0.05) is 0 Å². The average molecular weight is 140 g/mol. The number of carbonyl (C=O) groups is 1. The quantitative estimate of drug-likeness (QED) is 0.559. The van der Waals surface area contributed by atoms with Crippen molar-refractivity contribution < 1.29 is 4.79 Å². The van der Waals surface area contributed by atoms with E-state index in [-0.39, 0.29) is 12.3 Å². The molecule has 0 aliphatic heterocycles. The third kappa shape index (κ3) is 1.54. The Hall–Kier alpha value is -1.39. The minimum absolute atomic E-state index is 0.0725. The highest BCUT2D eigenvalue weighted by Crippen LogP contribution is 1.85. The summed E-state index contributed by atoms with van der Waals surface area (Å²) in [5.41, 5.74) is 0. The van der Waals surface area contributed by atoms with Crippen molar-refractivity contribution in [1.29, 1.82) is 0 Å². The van der Waals surface area contributed by atoms with Gasteiger partial charge < -0.3 is 5.32 Å². The molecule has 1 heterocycles. The van der Waals surface area contributed by atoms with E-state index in [1.54, 1.807) is 7.05 Å². The Morgan fingerprint density at radius 2 is 2.70 bits per heavy atom. The lowest BCUT2D eigenvalue weighted by Crippen LogP contribution is -2.20. The van der Waals surface area contributed by atoms with Gasteiger partial charge in [0.2, 0.25) is 5.91 Å². The van der Waals surface area contributed by atoms with Gasteiger partial charge in [0.05, 0.1) is 6.42 Å². The number of aromatic amines is 1. The van der Waals surface area contributed by atoms with Crippen LogP contribution in [-0.2, 0) is 11.2 Å². The molecule has 2 N–H and O–H groups in total. The molecule has 1 rings (SSSR count). The third-order valence-electron chi connectivity index (χ3n) is 1.07. The minimum atomic E-state index is -0.0725. The Morgan fingerprint density at radius 3 is 3.20 bits per heavy atom. The summed E-state index contributed by atoms with van der Waals surface area (Å²) in [6.45, 7) is 0. The van der Waals surface area contributed by atoms with Crippen molar-refractivity contribution in [3.8, 4) is 0 Å². The molecule has 0 saturated heterocycles. The number of rotatable bonds is 2. The first-order valence-electron chi connectivity index (χ1n) is 2.87. The second-order valence-corrected chi connectivity index (χ2v) is 1.78. The van der Waals surface area contributed by atoms with Gasteiger partial charge in [-0.15, -0.1) is 0 Å². The maximum atomic E-state index is 10.7.